The number of hydrogen-bond donors (Lipinski definition) is 3. The number of hydrogen-bond acceptors (Lipinski definition) is 4. The number of phenolic OH excluding ortho intramolecular Hbond substituents is 1. The Kier molecular flexibility index (Phi) is 2.28. The topological polar surface area (TPSA) is 101 Å². The summed E-state index contributed by atoms with van der Waals surface area (Å²) in [7, 11) is 0. The zero-order chi connectivity index (χ0) is 11.9. The number of aromatic nitrogens is 2. The van der Waals surface area contributed by atoms with Crippen LogP contribution in [0.2, 0.25) is 0 Å². The van der Waals surface area contributed by atoms with Gasteiger partial charge in [-0.05, 0) is 19.1 Å². The first-order valence-electron chi connectivity index (χ1n) is 4.74. The molecule has 0 saturated carbocycles. The normalized spacial score (nSPS) is 12.9. The highest BCUT2D eigenvalue weighted by Gasteiger charge is 2.12. The van der Waals surface area contributed by atoms with E-state index in [0.717, 1.165) is 4.57 Å². The SMILES string of the molecule is CC(N)n1c(=O)[nH]c2cccc(O)c2c1=O. The molecule has 1 unspecified atom stereocenters. The molecule has 0 spiro atoms. The van der Waals surface area contributed by atoms with E-state index in [-0.39, 0.29) is 11.1 Å². The summed E-state index contributed by atoms with van der Waals surface area (Å²) in [5.74, 6) is -0.173. The Morgan fingerprint density at radius 1 is 1.44 bits per heavy atom. The summed E-state index contributed by atoms with van der Waals surface area (Å²) >= 11 is 0. The number of H-pyrrole nitrogens is 1. The lowest BCUT2D eigenvalue weighted by atomic mass is 10.2. The van der Waals surface area contributed by atoms with Crippen molar-refractivity contribution in [1.29, 1.82) is 0 Å². The van der Waals surface area contributed by atoms with Crippen molar-refractivity contribution >= 4 is 10.9 Å². The van der Waals surface area contributed by atoms with Crippen LogP contribution in [0.5, 0.6) is 5.75 Å². The Balaban J connectivity index is 3.04. The predicted molar refractivity (Wildman–Crippen MR) is 59.4 cm³/mol. The van der Waals surface area contributed by atoms with Gasteiger partial charge in [-0.25, -0.2) is 9.36 Å². The van der Waals surface area contributed by atoms with Crippen molar-refractivity contribution in [2.75, 3.05) is 0 Å². The van der Waals surface area contributed by atoms with Crippen molar-refractivity contribution in [3.05, 3.63) is 39.0 Å². The molecule has 4 N–H and O–H groups in total. The van der Waals surface area contributed by atoms with E-state index in [1.54, 1.807) is 12.1 Å². The lowest BCUT2D eigenvalue weighted by molar-refractivity contribution is 0.477. The van der Waals surface area contributed by atoms with Gasteiger partial charge >= 0.3 is 5.69 Å². The van der Waals surface area contributed by atoms with Gasteiger partial charge in [-0.2, -0.15) is 0 Å². The smallest absolute Gasteiger partial charge is 0.330 e. The molecule has 6 nitrogen and oxygen atoms in total. The highest BCUT2D eigenvalue weighted by Crippen LogP contribution is 2.17. The molecular weight excluding hydrogens is 210 g/mol. The zero-order valence-corrected chi connectivity index (χ0v) is 8.60. The Labute approximate surface area is 89.9 Å². The minimum atomic E-state index is -0.750. The first-order chi connectivity index (χ1) is 7.52. The summed E-state index contributed by atoms with van der Waals surface area (Å²) in [5, 5.41) is 9.64. The van der Waals surface area contributed by atoms with E-state index in [1.165, 1.54) is 13.0 Å². The average molecular weight is 221 g/mol. The van der Waals surface area contributed by atoms with Crippen LogP contribution in [0.15, 0.2) is 27.8 Å². The van der Waals surface area contributed by atoms with Gasteiger partial charge in [0.15, 0.2) is 0 Å². The van der Waals surface area contributed by atoms with Crippen molar-refractivity contribution in [2.45, 2.75) is 13.1 Å². The fraction of sp³-hybridized carbons (Fsp3) is 0.200. The standard InChI is InChI=1S/C10H11N3O3/c1-5(11)13-9(15)8-6(12-10(13)16)3-2-4-7(8)14/h2-5,14H,11H2,1H3,(H,12,16). The number of aromatic hydroxyl groups is 1. The average Bonchev–Trinajstić information content (AvgIpc) is 2.15. The molecule has 1 aromatic heterocycles. The van der Waals surface area contributed by atoms with E-state index in [9.17, 15) is 14.7 Å². The van der Waals surface area contributed by atoms with Gasteiger partial charge in [-0.1, -0.05) is 6.07 Å². The monoisotopic (exact) mass is 221 g/mol. The quantitative estimate of drug-likeness (QED) is 0.624. The lowest BCUT2D eigenvalue weighted by Gasteiger charge is -2.09. The Hall–Kier alpha value is -2.08. The van der Waals surface area contributed by atoms with E-state index >= 15 is 0 Å². The third-order valence-electron chi connectivity index (χ3n) is 2.34. The summed E-state index contributed by atoms with van der Waals surface area (Å²) in [6.07, 6.45) is -0.750. The van der Waals surface area contributed by atoms with Gasteiger partial charge in [-0.3, -0.25) is 4.79 Å². The molecule has 1 aromatic carbocycles. The fourth-order valence-electron chi connectivity index (χ4n) is 1.63. The molecule has 2 rings (SSSR count). The van der Waals surface area contributed by atoms with Crippen LogP contribution in [0, 0.1) is 0 Å². The summed E-state index contributed by atoms with van der Waals surface area (Å²) in [5.41, 5.74) is 4.64. The minimum absolute atomic E-state index is 0.0689. The van der Waals surface area contributed by atoms with Crippen LogP contribution in [-0.2, 0) is 0 Å². The number of rotatable bonds is 1. The molecule has 0 amide bonds. The van der Waals surface area contributed by atoms with E-state index in [0.29, 0.717) is 5.52 Å². The van der Waals surface area contributed by atoms with Gasteiger partial charge < -0.3 is 15.8 Å². The van der Waals surface area contributed by atoms with Crippen LogP contribution in [0.3, 0.4) is 0 Å². The largest absolute Gasteiger partial charge is 0.507 e. The van der Waals surface area contributed by atoms with E-state index < -0.39 is 17.4 Å². The van der Waals surface area contributed by atoms with Crippen LogP contribution in [0.1, 0.15) is 13.1 Å². The number of nitrogens with two attached hydrogens (primary N) is 1. The molecule has 6 heteroatoms. The highest BCUT2D eigenvalue weighted by molar-refractivity contribution is 5.83. The van der Waals surface area contributed by atoms with Gasteiger partial charge in [-0.15, -0.1) is 0 Å². The first-order valence-corrected chi connectivity index (χ1v) is 4.74. The Morgan fingerprint density at radius 2 is 2.12 bits per heavy atom. The molecule has 1 atom stereocenters. The first kappa shape index (κ1) is 10.4. The van der Waals surface area contributed by atoms with Crippen LogP contribution in [0.25, 0.3) is 10.9 Å². The number of benzene rings is 1. The van der Waals surface area contributed by atoms with Crippen molar-refractivity contribution in [3.8, 4) is 5.75 Å². The molecule has 0 radical (unpaired) electrons. The number of nitrogens with one attached hydrogen (secondary N) is 1. The molecule has 0 saturated heterocycles. The summed E-state index contributed by atoms with van der Waals surface area (Å²) in [6.45, 7) is 1.52. The molecular formula is C10H11N3O3. The second kappa shape index (κ2) is 3.49. The van der Waals surface area contributed by atoms with Crippen molar-refractivity contribution < 1.29 is 5.11 Å². The van der Waals surface area contributed by atoms with Gasteiger partial charge in [0.25, 0.3) is 5.56 Å². The summed E-state index contributed by atoms with van der Waals surface area (Å²) < 4.78 is 0.863. The van der Waals surface area contributed by atoms with Gasteiger partial charge in [0, 0.05) is 0 Å². The molecule has 0 aliphatic rings. The molecule has 84 valence electrons. The van der Waals surface area contributed by atoms with Crippen LogP contribution in [0.4, 0.5) is 0 Å². The van der Waals surface area contributed by atoms with Crippen molar-refractivity contribution in [1.82, 2.24) is 9.55 Å². The van der Waals surface area contributed by atoms with Gasteiger partial charge in [0.2, 0.25) is 0 Å². The third kappa shape index (κ3) is 1.40. The second-order valence-electron chi connectivity index (χ2n) is 3.55. The van der Waals surface area contributed by atoms with Crippen molar-refractivity contribution in [2.24, 2.45) is 5.73 Å². The predicted octanol–water partition coefficient (Wildman–Crippen LogP) is -0.127. The highest BCUT2D eigenvalue weighted by atomic mass is 16.3. The zero-order valence-electron chi connectivity index (χ0n) is 8.60. The van der Waals surface area contributed by atoms with Crippen LogP contribution >= 0.6 is 0 Å². The summed E-state index contributed by atoms with van der Waals surface area (Å²) in [6, 6.07) is 4.47. The third-order valence-corrected chi connectivity index (χ3v) is 2.34. The number of phenols is 1. The second-order valence-corrected chi connectivity index (χ2v) is 3.55. The maximum absolute atomic E-state index is 11.9. The van der Waals surface area contributed by atoms with E-state index in [1.807, 2.05) is 0 Å². The molecule has 0 aliphatic carbocycles. The maximum atomic E-state index is 11.9. The summed E-state index contributed by atoms with van der Waals surface area (Å²) in [4.78, 5) is 26.0. The molecule has 2 aromatic rings. The van der Waals surface area contributed by atoms with E-state index in [2.05, 4.69) is 4.98 Å². The molecule has 1 heterocycles. The molecule has 16 heavy (non-hydrogen) atoms. The minimum Gasteiger partial charge on any atom is -0.507 e. The lowest BCUT2D eigenvalue weighted by Crippen LogP contribution is -2.40. The van der Waals surface area contributed by atoms with Gasteiger partial charge in [0.1, 0.15) is 11.1 Å². The van der Waals surface area contributed by atoms with Crippen LogP contribution in [-0.4, -0.2) is 14.7 Å². The van der Waals surface area contributed by atoms with Crippen LogP contribution < -0.4 is 17.0 Å². The fourth-order valence-corrected chi connectivity index (χ4v) is 1.63. The molecule has 0 fully saturated rings. The number of nitrogens with zero attached hydrogens (tertiary/aromatic N) is 1. The Bertz CT molecular complexity index is 654. The molecule has 0 aliphatic heterocycles. The van der Waals surface area contributed by atoms with Gasteiger partial charge in [0.05, 0.1) is 11.7 Å². The molecule has 0 bridgehead atoms. The number of fused-ring (bicyclic) bond motifs is 1. The number of aromatic amines is 1. The van der Waals surface area contributed by atoms with Crippen molar-refractivity contribution in [3.63, 3.8) is 0 Å². The Morgan fingerprint density at radius 3 is 2.75 bits per heavy atom. The maximum Gasteiger partial charge on any atom is 0.330 e. The van der Waals surface area contributed by atoms with E-state index in [4.69, 9.17) is 5.73 Å².